The highest BCUT2D eigenvalue weighted by atomic mass is 16.8. The summed E-state index contributed by atoms with van der Waals surface area (Å²) in [6.07, 6.45) is 7.60. The summed E-state index contributed by atoms with van der Waals surface area (Å²) >= 11 is 0. The maximum Gasteiger partial charge on any atom is 0.533 e. The molecule has 7 nitrogen and oxygen atoms in total. The Balaban J connectivity index is 1.49. The molecule has 0 aliphatic heterocycles. The Bertz CT molecular complexity index is 791. The molecule has 0 radical (unpaired) electrons. The van der Waals surface area contributed by atoms with Crippen molar-refractivity contribution < 1.29 is 24.6 Å². The molecule has 0 heterocycles. The van der Waals surface area contributed by atoms with Gasteiger partial charge in [0, 0.05) is 6.42 Å². The number of carbonyl (C=O) groups excluding carboxylic acids is 1. The number of hydrogen-bond acceptors (Lipinski definition) is 6. The molecular weight excluding hydrogens is 444 g/mol. The van der Waals surface area contributed by atoms with Gasteiger partial charge in [-0.3, -0.25) is 5.41 Å². The molecular formula is C28H48N2O5. The van der Waals surface area contributed by atoms with Crippen LogP contribution in [0.15, 0.2) is 0 Å². The van der Waals surface area contributed by atoms with Crippen molar-refractivity contribution in [1.29, 1.82) is 5.41 Å². The van der Waals surface area contributed by atoms with Crippen LogP contribution in [0.1, 0.15) is 92.4 Å². The van der Waals surface area contributed by atoms with E-state index in [0.717, 1.165) is 44.9 Å². The summed E-state index contributed by atoms with van der Waals surface area (Å²) in [5.74, 6) is 3.00. The quantitative estimate of drug-likeness (QED) is 0.179. The second-order valence-electron chi connectivity index (χ2n) is 12.7. The molecule has 200 valence electrons. The first kappa shape index (κ1) is 26.7. The highest BCUT2D eigenvalue weighted by molar-refractivity contribution is 5.79. The molecule has 4 aliphatic carbocycles. The second kappa shape index (κ2) is 10.2. The van der Waals surface area contributed by atoms with Crippen LogP contribution in [0.3, 0.4) is 0 Å². The highest BCUT2D eigenvalue weighted by Gasteiger charge is 2.64. The normalized spacial score (nSPS) is 45.5. The second-order valence-corrected chi connectivity index (χ2v) is 12.7. The van der Waals surface area contributed by atoms with Gasteiger partial charge in [0.05, 0.1) is 18.8 Å². The predicted octanol–water partition coefficient (Wildman–Crippen LogP) is 5.29. The van der Waals surface area contributed by atoms with E-state index < -0.39 is 6.16 Å². The minimum Gasteiger partial charge on any atom is -0.433 e. The Morgan fingerprint density at radius 2 is 1.74 bits per heavy atom. The summed E-state index contributed by atoms with van der Waals surface area (Å²) in [4.78, 5) is 16.3. The van der Waals surface area contributed by atoms with Crippen molar-refractivity contribution in [3.63, 3.8) is 0 Å². The minimum atomic E-state index is -0.810. The lowest BCUT2D eigenvalue weighted by molar-refractivity contribution is -0.203. The van der Waals surface area contributed by atoms with E-state index in [1.807, 2.05) is 0 Å². The maximum atomic E-state index is 11.8. The molecule has 4 rings (SSSR count). The van der Waals surface area contributed by atoms with E-state index in [2.05, 4.69) is 33.2 Å². The first-order chi connectivity index (χ1) is 16.6. The maximum absolute atomic E-state index is 11.8. The lowest BCUT2D eigenvalue weighted by Gasteiger charge is -2.64. The molecule has 0 aromatic heterocycles. The molecule has 4 fully saturated rings. The van der Waals surface area contributed by atoms with E-state index in [-0.39, 0.29) is 47.3 Å². The van der Waals surface area contributed by atoms with Gasteiger partial charge in [-0.2, -0.15) is 0 Å². The molecule has 0 aromatic carbocycles. The number of ether oxygens (including phenoxy) is 1. The average molecular weight is 493 g/mol. The Morgan fingerprint density at radius 3 is 2.43 bits per heavy atom. The van der Waals surface area contributed by atoms with Gasteiger partial charge in [-0.05, 0) is 104 Å². The summed E-state index contributed by atoms with van der Waals surface area (Å²) in [6.45, 7) is 11.3. The van der Waals surface area contributed by atoms with Crippen LogP contribution in [0.4, 0.5) is 4.79 Å². The number of aliphatic hydroxyl groups excluding tert-OH is 2. The molecule has 0 bridgehead atoms. The van der Waals surface area contributed by atoms with E-state index in [1.54, 1.807) is 6.92 Å². The smallest absolute Gasteiger partial charge is 0.433 e. The zero-order valence-corrected chi connectivity index (χ0v) is 22.4. The van der Waals surface area contributed by atoms with Crippen molar-refractivity contribution in [2.24, 2.45) is 52.3 Å². The van der Waals surface area contributed by atoms with E-state index in [1.165, 1.54) is 6.42 Å². The number of hydroxylamine groups is 1. The van der Waals surface area contributed by atoms with Crippen molar-refractivity contribution in [3.05, 3.63) is 0 Å². The molecule has 35 heavy (non-hydrogen) atoms. The van der Waals surface area contributed by atoms with Crippen molar-refractivity contribution in [2.75, 3.05) is 6.61 Å². The fourth-order valence-corrected chi connectivity index (χ4v) is 9.69. The number of aliphatic hydroxyl groups is 2. The van der Waals surface area contributed by atoms with Crippen LogP contribution in [0.25, 0.3) is 0 Å². The largest absolute Gasteiger partial charge is 0.533 e. The number of hydrogen-bond donors (Lipinski definition) is 4. The van der Waals surface area contributed by atoms with Crippen LogP contribution in [0, 0.1) is 57.7 Å². The number of nitrogens with one attached hydrogen (secondary N) is 2. The van der Waals surface area contributed by atoms with Gasteiger partial charge in [0.15, 0.2) is 0 Å². The summed E-state index contributed by atoms with van der Waals surface area (Å²) in [5.41, 5.74) is 2.83. The number of amidine groups is 1. The molecule has 0 amide bonds. The van der Waals surface area contributed by atoms with Gasteiger partial charge in [0.2, 0.25) is 0 Å². The first-order valence-corrected chi connectivity index (χ1v) is 14.1. The van der Waals surface area contributed by atoms with Gasteiger partial charge in [0.25, 0.3) is 0 Å². The summed E-state index contributed by atoms with van der Waals surface area (Å²) in [7, 11) is 0. The Labute approximate surface area is 211 Å². The zero-order chi connectivity index (χ0) is 25.5. The molecule has 4 aliphatic rings. The molecule has 0 saturated heterocycles. The van der Waals surface area contributed by atoms with E-state index in [4.69, 9.17) is 15.0 Å². The molecule has 11 atom stereocenters. The van der Waals surface area contributed by atoms with Crippen molar-refractivity contribution >= 4 is 12.0 Å². The monoisotopic (exact) mass is 492 g/mol. The van der Waals surface area contributed by atoms with Crippen molar-refractivity contribution in [3.8, 4) is 0 Å². The zero-order valence-electron chi connectivity index (χ0n) is 22.4. The Morgan fingerprint density at radius 1 is 1.06 bits per heavy atom. The lowest BCUT2D eigenvalue weighted by atomic mass is 9.41. The Kier molecular flexibility index (Phi) is 7.78. The topological polar surface area (TPSA) is 112 Å². The third-order valence-corrected chi connectivity index (χ3v) is 11.2. The molecule has 0 aromatic rings. The van der Waals surface area contributed by atoms with Crippen molar-refractivity contribution in [1.82, 2.24) is 5.48 Å². The van der Waals surface area contributed by atoms with E-state index >= 15 is 0 Å². The average Bonchev–Trinajstić information content (AvgIpc) is 3.16. The number of carbonyl (C=O) groups is 1. The lowest BCUT2D eigenvalue weighted by Crippen LogP contribution is -2.62. The van der Waals surface area contributed by atoms with Crippen LogP contribution in [-0.4, -0.2) is 41.0 Å². The predicted molar refractivity (Wildman–Crippen MR) is 135 cm³/mol. The third kappa shape index (κ3) is 4.60. The van der Waals surface area contributed by atoms with Gasteiger partial charge < -0.3 is 19.8 Å². The minimum absolute atomic E-state index is 0.152. The first-order valence-electron chi connectivity index (χ1n) is 14.1. The van der Waals surface area contributed by atoms with Crippen LogP contribution < -0.4 is 5.48 Å². The van der Waals surface area contributed by atoms with Crippen molar-refractivity contribution in [2.45, 2.75) is 105 Å². The molecule has 4 N–H and O–H groups in total. The molecule has 7 heteroatoms. The number of fused-ring (bicyclic) bond motifs is 5. The highest BCUT2D eigenvalue weighted by Crippen LogP contribution is 2.69. The van der Waals surface area contributed by atoms with Gasteiger partial charge in [0.1, 0.15) is 5.84 Å². The van der Waals surface area contributed by atoms with E-state index in [9.17, 15) is 15.0 Å². The Hall–Kier alpha value is -1.34. The van der Waals surface area contributed by atoms with Gasteiger partial charge in [-0.15, -0.1) is 0 Å². The third-order valence-electron chi connectivity index (χ3n) is 11.2. The molecule has 0 spiro atoms. The van der Waals surface area contributed by atoms with E-state index in [0.29, 0.717) is 36.0 Å². The SMILES string of the molecule is CCOC(=O)ONC(=N)C[C@@H](C)[C@H]1CCC2C3C(CC[C@@]21C)[C@@]1(C)CC[C@@H](O)C[C@H]1[C@@H](CC)[C@H]3O. The molecule has 4 saturated carbocycles. The fourth-order valence-electron chi connectivity index (χ4n) is 9.69. The molecule has 3 unspecified atom stereocenters. The number of rotatable bonds is 5. The standard InChI is InChI=1S/C28H48N2O5/c1-6-18-22-15-17(31)10-12-28(22,5)21-11-13-27(4)19(8-9-20(27)24(21)25(18)32)16(3)14-23(29)30-35-26(33)34-7-2/h16-22,24-25,31-32H,6-15H2,1-5H3,(H2,29,30)/t16-,17-,18-,19-,20?,21?,22+,24?,25-,27-,28-/m1/s1. The summed E-state index contributed by atoms with van der Waals surface area (Å²) < 4.78 is 4.76. The van der Waals surface area contributed by atoms with Crippen LogP contribution >= 0.6 is 0 Å². The van der Waals surface area contributed by atoms with Crippen LogP contribution in [-0.2, 0) is 9.57 Å². The van der Waals surface area contributed by atoms with Gasteiger partial charge in [-0.1, -0.05) is 34.1 Å². The fraction of sp³-hybridized carbons (Fsp3) is 0.929. The summed E-state index contributed by atoms with van der Waals surface area (Å²) in [6, 6.07) is 0. The van der Waals surface area contributed by atoms with Crippen LogP contribution in [0.5, 0.6) is 0 Å². The van der Waals surface area contributed by atoms with Crippen LogP contribution in [0.2, 0.25) is 0 Å². The van der Waals surface area contributed by atoms with Gasteiger partial charge >= 0.3 is 6.16 Å². The summed E-state index contributed by atoms with van der Waals surface area (Å²) in [5, 5.41) is 30.6. The van der Waals surface area contributed by atoms with Gasteiger partial charge in [-0.25, -0.2) is 10.3 Å².